The van der Waals surface area contributed by atoms with Gasteiger partial charge in [0.15, 0.2) is 5.43 Å². The standard InChI is InChI=1S/C19H14O5/c1-11(20)24-16-9-12(10-17(21)22)8-14-7-6-13-4-2-3-5-15(13)19(23)18(14)16/h2-9H,10H2,1H3,(H,21,22). The topological polar surface area (TPSA) is 80.7 Å². The molecule has 0 fully saturated rings. The minimum absolute atomic E-state index is 0.0857. The van der Waals surface area contributed by atoms with Gasteiger partial charge in [-0.2, -0.15) is 0 Å². The second kappa shape index (κ2) is 6.12. The van der Waals surface area contributed by atoms with E-state index in [9.17, 15) is 14.4 Å². The van der Waals surface area contributed by atoms with Gasteiger partial charge in [-0.15, -0.1) is 0 Å². The first-order valence-corrected chi connectivity index (χ1v) is 7.34. The van der Waals surface area contributed by atoms with Gasteiger partial charge in [0.2, 0.25) is 0 Å². The third-order valence-corrected chi connectivity index (χ3v) is 3.68. The Labute approximate surface area is 137 Å². The van der Waals surface area contributed by atoms with E-state index in [2.05, 4.69) is 0 Å². The molecule has 0 heterocycles. The van der Waals surface area contributed by atoms with E-state index < -0.39 is 11.9 Å². The fraction of sp³-hybridized carbons (Fsp3) is 0.105. The third-order valence-electron chi connectivity index (χ3n) is 3.68. The molecule has 0 radical (unpaired) electrons. The van der Waals surface area contributed by atoms with Gasteiger partial charge in [-0.1, -0.05) is 42.5 Å². The van der Waals surface area contributed by atoms with E-state index in [-0.39, 0.29) is 23.0 Å². The van der Waals surface area contributed by atoms with Crippen LogP contribution in [0.25, 0.3) is 21.5 Å². The summed E-state index contributed by atoms with van der Waals surface area (Å²) < 4.78 is 5.19. The Balaban J connectivity index is 2.44. The largest absolute Gasteiger partial charge is 0.481 e. The zero-order chi connectivity index (χ0) is 17.3. The van der Waals surface area contributed by atoms with E-state index >= 15 is 0 Å². The van der Waals surface area contributed by atoms with Gasteiger partial charge < -0.3 is 9.84 Å². The Morgan fingerprint density at radius 1 is 1.04 bits per heavy atom. The third kappa shape index (κ3) is 2.96. The number of benzene rings is 2. The van der Waals surface area contributed by atoms with E-state index in [1.165, 1.54) is 13.0 Å². The smallest absolute Gasteiger partial charge is 0.308 e. The summed E-state index contributed by atoms with van der Waals surface area (Å²) in [7, 11) is 0. The maximum atomic E-state index is 12.9. The summed E-state index contributed by atoms with van der Waals surface area (Å²) in [6.45, 7) is 1.24. The van der Waals surface area contributed by atoms with Gasteiger partial charge in [-0.25, -0.2) is 0 Å². The van der Waals surface area contributed by atoms with Gasteiger partial charge in [0.05, 0.1) is 11.8 Å². The first-order chi connectivity index (χ1) is 11.5. The lowest BCUT2D eigenvalue weighted by molar-refractivity contribution is -0.136. The molecule has 3 aromatic carbocycles. The highest BCUT2D eigenvalue weighted by Gasteiger charge is 2.13. The maximum Gasteiger partial charge on any atom is 0.308 e. The van der Waals surface area contributed by atoms with Gasteiger partial charge in [0.25, 0.3) is 0 Å². The Hall–Kier alpha value is -3.21. The number of carboxylic acids is 1. The second-order valence-electron chi connectivity index (χ2n) is 5.47. The maximum absolute atomic E-state index is 12.9. The lowest BCUT2D eigenvalue weighted by atomic mass is 10.0. The zero-order valence-electron chi connectivity index (χ0n) is 12.9. The zero-order valence-corrected chi connectivity index (χ0v) is 12.9. The molecule has 0 aliphatic rings. The molecule has 5 nitrogen and oxygen atoms in total. The molecule has 3 aromatic rings. The first kappa shape index (κ1) is 15.7. The van der Waals surface area contributed by atoms with Crippen molar-refractivity contribution in [2.24, 2.45) is 0 Å². The summed E-state index contributed by atoms with van der Waals surface area (Å²) in [4.78, 5) is 35.3. The molecule has 24 heavy (non-hydrogen) atoms. The quantitative estimate of drug-likeness (QED) is 0.592. The minimum atomic E-state index is -1.00. The number of esters is 1. The van der Waals surface area contributed by atoms with Crippen LogP contribution in [0.2, 0.25) is 0 Å². The van der Waals surface area contributed by atoms with Crippen molar-refractivity contribution in [3.05, 3.63) is 64.3 Å². The molecule has 0 aromatic heterocycles. The number of aliphatic carboxylic acids is 1. The van der Waals surface area contributed by atoms with Crippen molar-refractivity contribution in [3.8, 4) is 5.75 Å². The molecule has 0 amide bonds. The van der Waals surface area contributed by atoms with Crippen LogP contribution in [0.15, 0.2) is 53.3 Å². The number of carboxylic acid groups (broad SMARTS) is 1. The molecular formula is C19H14O5. The fourth-order valence-corrected chi connectivity index (χ4v) is 2.75. The normalized spacial score (nSPS) is 10.7. The summed E-state index contributed by atoms with van der Waals surface area (Å²) in [5.74, 6) is -1.49. The van der Waals surface area contributed by atoms with Crippen LogP contribution in [0.3, 0.4) is 0 Å². The minimum Gasteiger partial charge on any atom is -0.481 e. The summed E-state index contributed by atoms with van der Waals surface area (Å²) in [5.41, 5.74) is 0.199. The van der Waals surface area contributed by atoms with Crippen molar-refractivity contribution < 1.29 is 19.4 Å². The van der Waals surface area contributed by atoms with E-state index in [0.717, 1.165) is 5.39 Å². The number of rotatable bonds is 3. The highest BCUT2D eigenvalue weighted by Crippen LogP contribution is 2.27. The van der Waals surface area contributed by atoms with Crippen molar-refractivity contribution in [2.75, 3.05) is 0 Å². The number of fused-ring (bicyclic) bond motifs is 2. The number of carbonyl (C=O) groups is 2. The van der Waals surface area contributed by atoms with Crippen LogP contribution in [0.4, 0.5) is 0 Å². The van der Waals surface area contributed by atoms with E-state index in [1.807, 2.05) is 12.1 Å². The van der Waals surface area contributed by atoms with Gasteiger partial charge in [-0.3, -0.25) is 14.4 Å². The van der Waals surface area contributed by atoms with Gasteiger partial charge in [0.1, 0.15) is 5.75 Å². The number of hydrogen-bond acceptors (Lipinski definition) is 4. The second-order valence-corrected chi connectivity index (χ2v) is 5.47. The van der Waals surface area contributed by atoms with Crippen LogP contribution in [-0.2, 0) is 16.0 Å². The highest BCUT2D eigenvalue weighted by molar-refractivity contribution is 5.97. The average Bonchev–Trinajstić information content (AvgIpc) is 2.64. The molecule has 120 valence electrons. The SMILES string of the molecule is CC(=O)Oc1cc(CC(=O)O)cc2ccc3ccccc3c(=O)c12. The summed E-state index contributed by atoms with van der Waals surface area (Å²) in [6, 6.07) is 13.7. The van der Waals surface area contributed by atoms with E-state index in [4.69, 9.17) is 9.84 Å². The van der Waals surface area contributed by atoms with Gasteiger partial charge >= 0.3 is 11.9 Å². The molecule has 0 aliphatic carbocycles. The molecule has 3 rings (SSSR count). The molecule has 0 bridgehead atoms. The number of ether oxygens (including phenoxy) is 1. The Kier molecular flexibility index (Phi) is 4.00. The van der Waals surface area contributed by atoms with Crippen molar-refractivity contribution in [1.29, 1.82) is 0 Å². The lowest BCUT2D eigenvalue weighted by Gasteiger charge is -2.07. The summed E-state index contributed by atoms with van der Waals surface area (Å²) in [5, 5.41) is 11.1. The van der Waals surface area contributed by atoms with Gasteiger partial charge in [0, 0.05) is 12.3 Å². The van der Waals surface area contributed by atoms with Crippen molar-refractivity contribution in [3.63, 3.8) is 0 Å². The lowest BCUT2D eigenvalue weighted by Crippen LogP contribution is -2.08. The predicted octanol–water partition coefficient (Wildman–Crippen LogP) is 2.91. The molecule has 0 saturated heterocycles. The monoisotopic (exact) mass is 322 g/mol. The molecule has 0 spiro atoms. The first-order valence-electron chi connectivity index (χ1n) is 7.34. The molecule has 0 aliphatic heterocycles. The molecule has 0 saturated carbocycles. The molecule has 0 unspecified atom stereocenters. The molecular weight excluding hydrogens is 308 g/mol. The van der Waals surface area contributed by atoms with Crippen LogP contribution in [0, 0.1) is 0 Å². The van der Waals surface area contributed by atoms with Gasteiger partial charge in [-0.05, 0) is 22.4 Å². The van der Waals surface area contributed by atoms with E-state index in [1.54, 1.807) is 30.3 Å². The van der Waals surface area contributed by atoms with Crippen LogP contribution in [0.5, 0.6) is 5.75 Å². The van der Waals surface area contributed by atoms with Crippen molar-refractivity contribution in [2.45, 2.75) is 13.3 Å². The Morgan fingerprint density at radius 2 is 1.75 bits per heavy atom. The van der Waals surface area contributed by atoms with Crippen LogP contribution < -0.4 is 10.2 Å². The van der Waals surface area contributed by atoms with E-state index in [0.29, 0.717) is 16.3 Å². The average molecular weight is 322 g/mol. The predicted molar refractivity (Wildman–Crippen MR) is 90.4 cm³/mol. The van der Waals surface area contributed by atoms with Crippen LogP contribution >= 0.6 is 0 Å². The number of carbonyl (C=O) groups excluding carboxylic acids is 1. The Morgan fingerprint density at radius 3 is 2.46 bits per heavy atom. The van der Waals surface area contributed by atoms with Crippen molar-refractivity contribution >= 4 is 33.5 Å². The highest BCUT2D eigenvalue weighted by atomic mass is 16.5. The van der Waals surface area contributed by atoms with Crippen LogP contribution in [-0.4, -0.2) is 17.0 Å². The molecule has 5 heteroatoms. The summed E-state index contributed by atoms with van der Waals surface area (Å²) >= 11 is 0. The molecule has 1 N–H and O–H groups in total. The Bertz CT molecular complexity index is 1040. The number of hydrogen-bond donors (Lipinski definition) is 1. The molecule has 0 atom stereocenters. The van der Waals surface area contributed by atoms with Crippen molar-refractivity contribution in [1.82, 2.24) is 0 Å². The summed E-state index contributed by atoms with van der Waals surface area (Å²) in [6.07, 6.45) is -0.226. The van der Waals surface area contributed by atoms with Crippen LogP contribution in [0.1, 0.15) is 12.5 Å². The fourth-order valence-electron chi connectivity index (χ4n) is 2.75.